The van der Waals surface area contributed by atoms with Crippen LogP contribution in [-0.2, 0) is 18.3 Å². The van der Waals surface area contributed by atoms with Gasteiger partial charge in [-0.2, -0.15) is 9.49 Å². The maximum Gasteiger partial charge on any atom is 0.474 e. The molecule has 1 fully saturated rings. The first-order valence-corrected chi connectivity index (χ1v) is 17.7. The molecule has 13 nitrogen and oxygen atoms in total. The Morgan fingerprint density at radius 3 is 2.60 bits per heavy atom. The lowest BCUT2D eigenvalue weighted by molar-refractivity contribution is -0.0701. The second-order valence-corrected chi connectivity index (χ2v) is 14.6. The summed E-state index contributed by atoms with van der Waals surface area (Å²) in [4.78, 5) is 31.9. The predicted octanol–water partition coefficient (Wildman–Crippen LogP) is 6.23. The summed E-state index contributed by atoms with van der Waals surface area (Å²) in [5.74, 6) is -2.21. The molecule has 2 aliphatic rings. The Morgan fingerprint density at radius 1 is 1.19 bits per heavy atom. The van der Waals surface area contributed by atoms with Crippen molar-refractivity contribution in [3.63, 3.8) is 0 Å². The van der Waals surface area contributed by atoms with E-state index in [2.05, 4.69) is 20.4 Å². The van der Waals surface area contributed by atoms with E-state index in [4.69, 9.17) is 13.8 Å². The Balaban J connectivity index is 1.34. The van der Waals surface area contributed by atoms with Crippen LogP contribution >= 0.6 is 19.2 Å². The minimum Gasteiger partial charge on any atom is -0.379 e. The van der Waals surface area contributed by atoms with Crippen molar-refractivity contribution in [1.82, 2.24) is 29.8 Å². The average molecular weight is 696 g/mol. The van der Waals surface area contributed by atoms with Crippen LogP contribution in [0.2, 0.25) is 0 Å². The molecule has 2 N–H and O–H groups in total. The molecule has 2 atom stereocenters. The van der Waals surface area contributed by atoms with E-state index in [-0.39, 0.29) is 34.9 Å². The van der Waals surface area contributed by atoms with Gasteiger partial charge in [0.1, 0.15) is 22.1 Å². The number of nitrogens with zero attached hydrogens (tertiary/aromatic N) is 6. The number of hydrazine groups is 1. The fourth-order valence-corrected chi connectivity index (χ4v) is 7.61. The summed E-state index contributed by atoms with van der Waals surface area (Å²) < 4.78 is 59.5. The molecule has 3 aromatic rings. The van der Waals surface area contributed by atoms with Gasteiger partial charge in [0.2, 0.25) is 5.95 Å². The number of halogens is 2. The van der Waals surface area contributed by atoms with Crippen LogP contribution in [0.1, 0.15) is 81.8 Å². The molecular weight excluding hydrogens is 655 g/mol. The molecule has 1 saturated carbocycles. The number of aromatic nitrogens is 4. The second-order valence-electron chi connectivity index (χ2n) is 12.4. The Bertz CT molecular complexity index is 1670. The number of thiazole rings is 1. The van der Waals surface area contributed by atoms with E-state index in [1.807, 2.05) is 6.92 Å². The molecule has 2 unspecified atom stereocenters. The van der Waals surface area contributed by atoms with Crippen molar-refractivity contribution in [2.45, 2.75) is 84.3 Å². The standard InChI is InChI=1S/C30H40F2N7O6PS/c1-7-43-21-10-8-20(9-11-21)38-16-23(27(36-38)26-22(31)12-13-25(32)35-26)33-28(40)24-17-47-29(34-24)19-14-37(6)39(15-19)18(2)44-46(41,42)45-30(3,4)5/h12-13,15-18,20-21H,7-11,14H2,1-6H3,(H,33,40)(H,41,42). The van der Waals surface area contributed by atoms with Crippen LogP contribution in [0, 0.1) is 11.8 Å². The second kappa shape index (κ2) is 14.2. The van der Waals surface area contributed by atoms with Gasteiger partial charge < -0.3 is 14.9 Å². The molecule has 0 spiro atoms. The Morgan fingerprint density at radius 2 is 1.91 bits per heavy atom. The number of likely N-dealkylation sites (N-methyl/N-ethyl adjacent to an activating group) is 1. The molecule has 4 heterocycles. The van der Waals surface area contributed by atoms with Crippen LogP contribution in [0.5, 0.6) is 0 Å². The molecule has 256 valence electrons. The maximum atomic E-state index is 14.9. The number of phosphoric ester groups is 1. The van der Waals surface area contributed by atoms with Gasteiger partial charge in [0, 0.05) is 43.5 Å². The summed E-state index contributed by atoms with van der Waals surface area (Å²) in [6.07, 6.45) is 5.89. The van der Waals surface area contributed by atoms with Gasteiger partial charge in [-0.1, -0.05) is 0 Å². The van der Waals surface area contributed by atoms with Gasteiger partial charge in [-0.15, -0.1) is 11.3 Å². The van der Waals surface area contributed by atoms with Crippen LogP contribution in [0.25, 0.3) is 17.0 Å². The average Bonchev–Trinajstić information content (AvgIpc) is 3.72. The number of pyridine rings is 1. The first-order chi connectivity index (χ1) is 22.1. The normalized spacial score (nSPS) is 21.0. The lowest BCUT2D eigenvalue weighted by atomic mass is 9.93. The summed E-state index contributed by atoms with van der Waals surface area (Å²) in [6.45, 7) is 9.56. The molecule has 0 aromatic carbocycles. The number of hydrogen-bond donors (Lipinski definition) is 2. The third-order valence-corrected chi connectivity index (χ3v) is 9.85. The van der Waals surface area contributed by atoms with Crippen LogP contribution in [-0.4, -0.2) is 78.7 Å². The largest absolute Gasteiger partial charge is 0.474 e. The van der Waals surface area contributed by atoms with E-state index < -0.39 is 37.3 Å². The maximum absolute atomic E-state index is 14.9. The number of phosphoric acid groups is 1. The van der Waals surface area contributed by atoms with E-state index in [0.717, 1.165) is 43.4 Å². The highest BCUT2D eigenvalue weighted by Gasteiger charge is 2.35. The quantitative estimate of drug-likeness (QED) is 0.174. The number of amides is 1. The summed E-state index contributed by atoms with van der Waals surface area (Å²) in [5.41, 5.74) is -0.144. The first kappa shape index (κ1) is 35.2. The lowest BCUT2D eigenvalue weighted by Gasteiger charge is -2.32. The third kappa shape index (κ3) is 8.68. The zero-order valence-corrected chi connectivity index (χ0v) is 28.9. The van der Waals surface area contributed by atoms with Gasteiger partial charge in [0.15, 0.2) is 12.0 Å². The Labute approximate surface area is 276 Å². The molecule has 1 amide bonds. The van der Waals surface area contributed by atoms with Crippen LogP contribution < -0.4 is 5.32 Å². The SMILES string of the molecule is CCOC1CCC(n2cc(NC(=O)c3csc(C4=CN(C(C)OP(=O)(O)OC(C)(C)C)N(C)C4)n3)c(-c3nc(F)ccc3F)n2)CC1. The first-order valence-electron chi connectivity index (χ1n) is 15.3. The van der Waals surface area contributed by atoms with Crippen LogP contribution in [0.3, 0.4) is 0 Å². The summed E-state index contributed by atoms with van der Waals surface area (Å²) >= 11 is 1.24. The van der Waals surface area contributed by atoms with Gasteiger partial charge in [0.25, 0.3) is 5.91 Å². The van der Waals surface area contributed by atoms with Crippen molar-refractivity contribution in [1.29, 1.82) is 0 Å². The van der Waals surface area contributed by atoms with Crippen molar-refractivity contribution >= 4 is 36.3 Å². The molecule has 0 radical (unpaired) electrons. The smallest absolute Gasteiger partial charge is 0.379 e. The lowest BCUT2D eigenvalue weighted by Crippen LogP contribution is -2.39. The zero-order valence-electron chi connectivity index (χ0n) is 27.1. The van der Waals surface area contributed by atoms with Crippen LogP contribution in [0.15, 0.2) is 29.9 Å². The van der Waals surface area contributed by atoms with Crippen LogP contribution in [0.4, 0.5) is 14.5 Å². The number of hydrogen-bond acceptors (Lipinski definition) is 11. The number of rotatable bonds is 11. The number of anilines is 1. The number of carbonyl (C=O) groups is 1. The van der Waals surface area contributed by atoms with E-state index in [1.165, 1.54) is 11.3 Å². The predicted molar refractivity (Wildman–Crippen MR) is 172 cm³/mol. The van der Waals surface area contributed by atoms with Crippen molar-refractivity contribution in [3.8, 4) is 11.4 Å². The zero-order chi connectivity index (χ0) is 34.1. The molecular formula is C30H40F2N7O6PS. The third-order valence-electron chi connectivity index (χ3n) is 7.58. The molecule has 3 aromatic heterocycles. The van der Waals surface area contributed by atoms with Crippen molar-refractivity contribution in [2.24, 2.45) is 0 Å². The summed E-state index contributed by atoms with van der Waals surface area (Å²) in [6, 6.07) is 1.88. The van der Waals surface area contributed by atoms with Crippen molar-refractivity contribution in [2.75, 3.05) is 25.5 Å². The summed E-state index contributed by atoms with van der Waals surface area (Å²) in [5, 5.41) is 12.9. The molecule has 5 rings (SSSR count). The van der Waals surface area contributed by atoms with E-state index in [0.29, 0.717) is 18.2 Å². The number of carbonyl (C=O) groups excluding carboxylic acids is 1. The highest BCUT2D eigenvalue weighted by atomic mass is 32.1. The van der Waals surface area contributed by atoms with Crippen molar-refractivity contribution in [3.05, 3.63) is 52.4 Å². The number of nitrogens with one attached hydrogen (secondary N) is 1. The molecule has 47 heavy (non-hydrogen) atoms. The van der Waals surface area contributed by atoms with E-state index in [1.54, 1.807) is 67.2 Å². The monoisotopic (exact) mass is 695 g/mol. The Kier molecular flexibility index (Phi) is 10.6. The fraction of sp³-hybridized carbons (Fsp3) is 0.533. The van der Waals surface area contributed by atoms with Gasteiger partial charge in [-0.05, 0) is 72.4 Å². The fourth-order valence-electron chi connectivity index (χ4n) is 5.59. The topological polar surface area (TPSA) is 144 Å². The van der Waals surface area contributed by atoms with E-state index >= 15 is 0 Å². The molecule has 0 bridgehead atoms. The van der Waals surface area contributed by atoms with Gasteiger partial charge in [-0.3, -0.25) is 23.5 Å². The summed E-state index contributed by atoms with van der Waals surface area (Å²) in [7, 11) is -2.58. The molecule has 17 heteroatoms. The Hall–Kier alpha value is -3.11. The number of ether oxygens (including phenoxy) is 1. The minimum atomic E-state index is -4.35. The molecule has 0 saturated heterocycles. The van der Waals surface area contributed by atoms with Gasteiger partial charge in [-0.25, -0.2) is 23.9 Å². The minimum absolute atomic E-state index is 0.0131. The van der Waals surface area contributed by atoms with Gasteiger partial charge >= 0.3 is 7.82 Å². The highest BCUT2D eigenvalue weighted by molar-refractivity contribution is 7.47. The van der Waals surface area contributed by atoms with Crippen molar-refractivity contribution < 1.29 is 36.8 Å². The highest BCUT2D eigenvalue weighted by Crippen LogP contribution is 2.49. The van der Waals surface area contributed by atoms with E-state index in [9.17, 15) is 23.0 Å². The molecule has 1 aliphatic heterocycles. The van der Waals surface area contributed by atoms with Gasteiger partial charge in [0.05, 0.1) is 23.4 Å². The molecule has 1 aliphatic carbocycles.